The first-order valence-electron chi connectivity index (χ1n) is 22.0. The molecule has 0 spiro atoms. The Morgan fingerprint density at radius 2 is 0.797 bits per heavy atom. The standard InChI is InChI=1S/C48H68N4O12/c1-29(2)23-36-46(58)61-32(7)42(54)49(9)28-41(53)63-39(26-34-19-15-13-16-20-34)44(56)51(11)37(24-30(3)4)47(59)62-33(8)43(55)50(10)38(25-31(5)6)48(60)64-40(45(57)52(36)12)27-35-21-17-14-18-22-35/h13-22,29-33,36-40H,23-28H2,1-12H3/t32-,33-,36+,37+,38+,39-,40-/m1/s1. The number of esters is 4. The van der Waals surface area contributed by atoms with E-state index in [2.05, 4.69) is 0 Å². The Kier molecular flexibility index (Phi) is 20.0. The number of cyclic esters (lactones) is 4. The van der Waals surface area contributed by atoms with Crippen LogP contribution in [0.5, 0.6) is 0 Å². The van der Waals surface area contributed by atoms with Gasteiger partial charge in [-0.25, -0.2) is 14.4 Å². The smallest absolute Gasteiger partial charge is 0.329 e. The molecule has 0 saturated carbocycles. The summed E-state index contributed by atoms with van der Waals surface area (Å²) in [5.41, 5.74) is 1.29. The van der Waals surface area contributed by atoms with E-state index in [1.165, 1.54) is 42.0 Å². The molecule has 4 amide bonds. The van der Waals surface area contributed by atoms with Crippen LogP contribution in [0, 0.1) is 17.8 Å². The van der Waals surface area contributed by atoms with E-state index in [0.717, 1.165) is 19.6 Å². The van der Waals surface area contributed by atoms with Crippen LogP contribution in [0.25, 0.3) is 0 Å². The number of likely N-dealkylation sites (N-methyl/N-ethyl adjacent to an activating group) is 4. The molecule has 352 valence electrons. The van der Waals surface area contributed by atoms with E-state index in [1.807, 2.05) is 41.5 Å². The normalized spacial score (nSPS) is 24.8. The highest BCUT2D eigenvalue weighted by Gasteiger charge is 2.41. The molecule has 7 atom stereocenters. The summed E-state index contributed by atoms with van der Waals surface area (Å²) in [6.07, 6.45) is -5.59. The lowest BCUT2D eigenvalue weighted by atomic mass is 10.00. The van der Waals surface area contributed by atoms with Crippen LogP contribution in [0.15, 0.2) is 60.7 Å². The molecule has 1 heterocycles. The summed E-state index contributed by atoms with van der Waals surface area (Å²) in [5.74, 6) is -7.05. The van der Waals surface area contributed by atoms with Crippen LogP contribution >= 0.6 is 0 Å². The van der Waals surface area contributed by atoms with Gasteiger partial charge in [0.25, 0.3) is 23.6 Å². The number of rotatable bonds is 10. The van der Waals surface area contributed by atoms with E-state index in [9.17, 15) is 38.4 Å². The van der Waals surface area contributed by atoms with Crippen molar-refractivity contribution in [1.82, 2.24) is 19.6 Å². The molecule has 0 unspecified atom stereocenters. The molecule has 1 fully saturated rings. The second kappa shape index (κ2) is 24.3. The maximum Gasteiger partial charge on any atom is 0.329 e. The molecule has 0 radical (unpaired) electrons. The van der Waals surface area contributed by atoms with Gasteiger partial charge in [0.2, 0.25) is 0 Å². The largest absolute Gasteiger partial charge is 0.451 e. The number of amides is 4. The summed E-state index contributed by atoms with van der Waals surface area (Å²) in [5, 5.41) is 0. The molecule has 0 aromatic heterocycles. The molecule has 2 aromatic carbocycles. The van der Waals surface area contributed by atoms with E-state index in [0.29, 0.717) is 11.1 Å². The molecule has 64 heavy (non-hydrogen) atoms. The lowest BCUT2D eigenvalue weighted by Gasteiger charge is -2.34. The Morgan fingerprint density at radius 1 is 0.469 bits per heavy atom. The van der Waals surface area contributed by atoms with Gasteiger partial charge in [-0.3, -0.25) is 24.0 Å². The average Bonchev–Trinajstić information content (AvgIpc) is 3.24. The predicted molar refractivity (Wildman–Crippen MR) is 237 cm³/mol. The SMILES string of the molecule is CC(C)C[C@H]1C(=O)O[C@H](Cc2ccccc2)C(=O)N(C)[C@@H](CC(C)C)C(=O)O[C@H](C)C(=O)N(C)CC(=O)O[C@H](Cc2ccccc2)C(=O)N(C)[C@@H](CC(C)C)C(=O)O[C@H](C)C(=O)N1C. The van der Waals surface area contributed by atoms with Crippen molar-refractivity contribution in [3.63, 3.8) is 0 Å². The van der Waals surface area contributed by atoms with Crippen LogP contribution in [0.2, 0.25) is 0 Å². The maximum absolute atomic E-state index is 14.5. The minimum atomic E-state index is -1.46. The number of nitrogens with zero attached hydrogens (tertiary/aromatic N) is 4. The molecular weight excluding hydrogens is 825 g/mol. The van der Waals surface area contributed by atoms with E-state index in [-0.39, 0.29) is 49.9 Å². The first kappa shape index (κ1) is 52.5. The van der Waals surface area contributed by atoms with Gasteiger partial charge < -0.3 is 38.5 Å². The summed E-state index contributed by atoms with van der Waals surface area (Å²) < 4.78 is 23.2. The van der Waals surface area contributed by atoms with Gasteiger partial charge in [-0.05, 0) is 62.0 Å². The molecule has 0 aliphatic carbocycles. The zero-order chi connectivity index (χ0) is 48.0. The summed E-state index contributed by atoms with van der Waals surface area (Å²) in [6.45, 7) is 13.1. The molecule has 1 aliphatic heterocycles. The molecule has 1 saturated heterocycles. The van der Waals surface area contributed by atoms with Gasteiger partial charge in [0.15, 0.2) is 24.4 Å². The summed E-state index contributed by atoms with van der Waals surface area (Å²) in [6, 6.07) is 13.9. The number of carbonyl (C=O) groups excluding carboxylic acids is 8. The van der Waals surface area contributed by atoms with E-state index in [1.54, 1.807) is 60.7 Å². The van der Waals surface area contributed by atoms with Gasteiger partial charge in [-0.15, -0.1) is 0 Å². The van der Waals surface area contributed by atoms with Gasteiger partial charge >= 0.3 is 23.9 Å². The minimum Gasteiger partial charge on any atom is -0.451 e. The number of hydrogen-bond acceptors (Lipinski definition) is 12. The Bertz CT molecular complexity index is 1920. The highest BCUT2D eigenvalue weighted by molar-refractivity contribution is 5.94. The lowest BCUT2D eigenvalue weighted by molar-refractivity contribution is -0.175. The van der Waals surface area contributed by atoms with Crippen molar-refractivity contribution in [3.05, 3.63) is 71.8 Å². The second-order valence-corrected chi connectivity index (χ2v) is 17.9. The van der Waals surface area contributed by atoms with Gasteiger partial charge in [-0.2, -0.15) is 0 Å². The maximum atomic E-state index is 14.5. The van der Waals surface area contributed by atoms with Gasteiger partial charge in [0, 0.05) is 41.0 Å². The fraction of sp³-hybridized carbons (Fsp3) is 0.583. The van der Waals surface area contributed by atoms with Gasteiger partial charge in [0.05, 0.1) is 0 Å². The number of ether oxygens (including phenoxy) is 4. The van der Waals surface area contributed by atoms with Gasteiger partial charge in [-0.1, -0.05) is 102 Å². The fourth-order valence-electron chi connectivity index (χ4n) is 7.40. The minimum absolute atomic E-state index is 0.0758. The highest BCUT2D eigenvalue weighted by atomic mass is 16.6. The number of carbonyl (C=O) groups is 8. The van der Waals surface area contributed by atoms with Crippen LogP contribution in [-0.2, 0) is 70.1 Å². The van der Waals surface area contributed by atoms with Crippen LogP contribution in [-0.4, -0.2) is 144 Å². The number of benzene rings is 2. The quantitative estimate of drug-likeness (QED) is 0.244. The first-order valence-corrected chi connectivity index (χ1v) is 22.0. The van der Waals surface area contributed by atoms with Crippen LogP contribution in [0.1, 0.15) is 85.8 Å². The van der Waals surface area contributed by atoms with Crippen LogP contribution in [0.3, 0.4) is 0 Å². The van der Waals surface area contributed by atoms with Crippen molar-refractivity contribution in [2.24, 2.45) is 17.8 Å². The predicted octanol–water partition coefficient (Wildman–Crippen LogP) is 4.25. The van der Waals surface area contributed by atoms with Crippen LogP contribution in [0.4, 0.5) is 0 Å². The average molecular weight is 893 g/mol. The third kappa shape index (κ3) is 15.2. The summed E-state index contributed by atoms with van der Waals surface area (Å²) in [4.78, 5) is 117. The topological polar surface area (TPSA) is 186 Å². The van der Waals surface area contributed by atoms with Crippen LogP contribution < -0.4 is 0 Å². The van der Waals surface area contributed by atoms with Crippen molar-refractivity contribution >= 4 is 47.5 Å². The molecule has 16 nitrogen and oxygen atoms in total. The first-order chi connectivity index (χ1) is 30.0. The summed E-state index contributed by atoms with van der Waals surface area (Å²) >= 11 is 0. The van der Waals surface area contributed by atoms with Crippen molar-refractivity contribution < 1.29 is 57.3 Å². The van der Waals surface area contributed by atoms with Gasteiger partial charge in [0.1, 0.15) is 24.7 Å². The third-order valence-electron chi connectivity index (χ3n) is 11.0. The van der Waals surface area contributed by atoms with E-state index < -0.39 is 96.6 Å². The molecule has 3 rings (SSSR count). The summed E-state index contributed by atoms with van der Waals surface area (Å²) in [7, 11) is 5.45. The molecule has 0 N–H and O–H groups in total. The Labute approximate surface area is 377 Å². The fourth-order valence-corrected chi connectivity index (χ4v) is 7.40. The Balaban J connectivity index is 2.16. The third-order valence-corrected chi connectivity index (χ3v) is 11.0. The zero-order valence-electron chi connectivity index (χ0n) is 39.5. The zero-order valence-corrected chi connectivity index (χ0v) is 39.5. The lowest BCUT2D eigenvalue weighted by Crippen LogP contribution is -2.54. The van der Waals surface area contributed by atoms with Crippen molar-refractivity contribution in [1.29, 1.82) is 0 Å². The van der Waals surface area contributed by atoms with E-state index >= 15 is 0 Å². The highest BCUT2D eigenvalue weighted by Crippen LogP contribution is 2.22. The van der Waals surface area contributed by atoms with Crippen molar-refractivity contribution in [2.45, 2.75) is 130 Å². The van der Waals surface area contributed by atoms with Crippen molar-refractivity contribution in [3.8, 4) is 0 Å². The Hall–Kier alpha value is -5.80. The second-order valence-electron chi connectivity index (χ2n) is 17.9. The van der Waals surface area contributed by atoms with Crippen molar-refractivity contribution in [2.75, 3.05) is 34.7 Å². The monoisotopic (exact) mass is 892 g/mol. The molecular formula is C48H68N4O12. The molecule has 16 heteroatoms. The molecule has 0 bridgehead atoms. The number of hydrogen-bond donors (Lipinski definition) is 0. The Morgan fingerprint density at radius 3 is 1.17 bits per heavy atom. The molecule has 2 aromatic rings. The molecule has 1 aliphatic rings. The van der Waals surface area contributed by atoms with E-state index in [4.69, 9.17) is 18.9 Å².